The van der Waals surface area contributed by atoms with Crippen LogP contribution >= 0.6 is 0 Å². The van der Waals surface area contributed by atoms with Gasteiger partial charge in [-0.05, 0) is 13.3 Å². The molecule has 1 saturated heterocycles. The molecule has 0 spiro atoms. The van der Waals surface area contributed by atoms with Crippen LogP contribution in [0.2, 0.25) is 0 Å². The Hall–Kier alpha value is -0.160. The van der Waals surface area contributed by atoms with E-state index in [1.165, 1.54) is 0 Å². The number of piperazine rings is 1. The maximum Gasteiger partial charge on any atom is 0.0558 e. The predicted octanol–water partition coefficient (Wildman–Crippen LogP) is -0.101. The van der Waals surface area contributed by atoms with Gasteiger partial charge in [0.2, 0.25) is 0 Å². The second-order valence-electron chi connectivity index (χ2n) is 3.99. The average molecular weight is 201 g/mol. The third-order valence-corrected chi connectivity index (χ3v) is 2.80. The van der Waals surface area contributed by atoms with Gasteiger partial charge in [-0.2, -0.15) is 0 Å². The summed E-state index contributed by atoms with van der Waals surface area (Å²) in [5, 5.41) is 11.1. The molecule has 1 unspecified atom stereocenters. The summed E-state index contributed by atoms with van der Waals surface area (Å²) in [7, 11) is 0. The van der Waals surface area contributed by atoms with Crippen LogP contribution in [0.3, 0.4) is 0 Å². The van der Waals surface area contributed by atoms with Crippen LogP contribution in [0.4, 0.5) is 0 Å². The van der Waals surface area contributed by atoms with Crippen LogP contribution in [0, 0.1) is 0 Å². The number of nitrogens with one attached hydrogen (secondary N) is 1. The zero-order chi connectivity index (χ0) is 10.4. The highest BCUT2D eigenvalue weighted by Gasteiger charge is 2.16. The van der Waals surface area contributed by atoms with Crippen molar-refractivity contribution in [2.45, 2.75) is 26.3 Å². The van der Waals surface area contributed by atoms with Crippen molar-refractivity contribution >= 4 is 0 Å². The molecule has 1 atom stereocenters. The van der Waals surface area contributed by atoms with Gasteiger partial charge in [0.05, 0.1) is 6.61 Å². The van der Waals surface area contributed by atoms with Crippen molar-refractivity contribution in [3.63, 3.8) is 0 Å². The fourth-order valence-corrected chi connectivity index (χ4v) is 1.64. The molecule has 2 N–H and O–H groups in total. The van der Waals surface area contributed by atoms with Crippen LogP contribution in [0.15, 0.2) is 0 Å². The smallest absolute Gasteiger partial charge is 0.0558 e. The number of hydrogen-bond acceptors (Lipinski definition) is 4. The summed E-state index contributed by atoms with van der Waals surface area (Å²) >= 11 is 0. The highest BCUT2D eigenvalue weighted by molar-refractivity contribution is 4.70. The zero-order valence-electron chi connectivity index (χ0n) is 9.37. The summed E-state index contributed by atoms with van der Waals surface area (Å²) in [6, 6.07) is 0.569. The van der Waals surface area contributed by atoms with Crippen LogP contribution < -0.4 is 5.43 Å². The van der Waals surface area contributed by atoms with E-state index in [4.69, 9.17) is 5.11 Å². The minimum atomic E-state index is 0.277. The van der Waals surface area contributed by atoms with E-state index in [1.807, 2.05) is 0 Å². The summed E-state index contributed by atoms with van der Waals surface area (Å²) in [6.45, 7) is 9.73. The molecule has 0 aliphatic carbocycles. The van der Waals surface area contributed by atoms with E-state index in [9.17, 15) is 0 Å². The fourth-order valence-electron chi connectivity index (χ4n) is 1.64. The Labute approximate surface area is 86.9 Å². The summed E-state index contributed by atoms with van der Waals surface area (Å²) in [5.41, 5.74) is 3.48. The highest BCUT2D eigenvalue weighted by atomic mass is 16.3. The van der Waals surface area contributed by atoms with E-state index < -0.39 is 0 Å². The van der Waals surface area contributed by atoms with Crippen molar-refractivity contribution in [1.82, 2.24) is 15.3 Å². The Kier molecular flexibility index (Phi) is 5.40. The predicted molar refractivity (Wildman–Crippen MR) is 58.0 cm³/mol. The first-order valence-electron chi connectivity index (χ1n) is 5.60. The number of nitrogens with zero attached hydrogens (tertiary/aromatic N) is 2. The Morgan fingerprint density at radius 2 is 1.93 bits per heavy atom. The molecule has 0 bridgehead atoms. The molecule has 0 saturated carbocycles. The number of hydrazine groups is 1. The summed E-state index contributed by atoms with van der Waals surface area (Å²) in [4.78, 5) is 2.30. The maximum atomic E-state index is 8.80. The topological polar surface area (TPSA) is 38.7 Å². The lowest BCUT2D eigenvalue weighted by atomic mass is 10.3. The summed E-state index contributed by atoms with van der Waals surface area (Å²) in [5.74, 6) is 0. The Morgan fingerprint density at radius 1 is 1.29 bits per heavy atom. The standard InChI is InChI=1S/C10H23N3O/c1-3-10(2)11-13-6-4-12(5-7-13)8-9-14/h10-11,14H,3-9H2,1-2H3. The Morgan fingerprint density at radius 3 is 2.43 bits per heavy atom. The zero-order valence-corrected chi connectivity index (χ0v) is 9.37. The van der Waals surface area contributed by atoms with E-state index >= 15 is 0 Å². The van der Waals surface area contributed by atoms with E-state index in [0.29, 0.717) is 6.04 Å². The van der Waals surface area contributed by atoms with E-state index in [1.54, 1.807) is 0 Å². The first kappa shape index (κ1) is 11.9. The molecule has 4 nitrogen and oxygen atoms in total. The quantitative estimate of drug-likeness (QED) is 0.651. The van der Waals surface area contributed by atoms with Gasteiger partial charge in [-0.25, -0.2) is 5.01 Å². The van der Waals surface area contributed by atoms with Gasteiger partial charge in [0.15, 0.2) is 0 Å². The summed E-state index contributed by atoms with van der Waals surface area (Å²) < 4.78 is 0. The van der Waals surface area contributed by atoms with Crippen LogP contribution in [0.25, 0.3) is 0 Å². The monoisotopic (exact) mass is 201 g/mol. The van der Waals surface area contributed by atoms with Gasteiger partial charge in [0, 0.05) is 38.8 Å². The van der Waals surface area contributed by atoms with Gasteiger partial charge in [-0.1, -0.05) is 6.92 Å². The number of rotatable bonds is 5. The normalized spacial score (nSPS) is 22.5. The van der Waals surface area contributed by atoms with Crippen molar-refractivity contribution in [1.29, 1.82) is 0 Å². The fraction of sp³-hybridized carbons (Fsp3) is 1.00. The van der Waals surface area contributed by atoms with Crippen molar-refractivity contribution in [3.8, 4) is 0 Å². The molecule has 84 valence electrons. The van der Waals surface area contributed by atoms with Crippen LogP contribution in [-0.4, -0.2) is 60.4 Å². The second-order valence-corrected chi connectivity index (χ2v) is 3.99. The molecule has 4 heteroatoms. The van der Waals surface area contributed by atoms with Crippen LogP contribution in [-0.2, 0) is 0 Å². The minimum Gasteiger partial charge on any atom is -0.395 e. The van der Waals surface area contributed by atoms with Crippen LogP contribution in [0.5, 0.6) is 0 Å². The molecule has 0 aromatic heterocycles. The van der Waals surface area contributed by atoms with Gasteiger partial charge < -0.3 is 5.11 Å². The molecular weight excluding hydrogens is 178 g/mol. The Balaban J connectivity index is 2.15. The molecule has 0 aromatic carbocycles. The van der Waals surface area contributed by atoms with Gasteiger partial charge in [-0.15, -0.1) is 0 Å². The number of β-amino-alcohol motifs (C(OH)–C–C–N with tert-alkyl or cyclic N) is 1. The molecule has 1 aliphatic rings. The molecular formula is C10H23N3O. The van der Waals surface area contributed by atoms with E-state index in [0.717, 1.165) is 39.1 Å². The lowest BCUT2D eigenvalue weighted by molar-refractivity contribution is 0.0670. The van der Waals surface area contributed by atoms with E-state index in [2.05, 4.69) is 29.2 Å². The minimum absolute atomic E-state index is 0.277. The third-order valence-electron chi connectivity index (χ3n) is 2.80. The lowest BCUT2D eigenvalue weighted by Gasteiger charge is -2.36. The number of aliphatic hydroxyl groups is 1. The van der Waals surface area contributed by atoms with E-state index in [-0.39, 0.29) is 6.61 Å². The molecule has 14 heavy (non-hydrogen) atoms. The second kappa shape index (κ2) is 6.35. The van der Waals surface area contributed by atoms with Gasteiger partial charge in [0.25, 0.3) is 0 Å². The van der Waals surface area contributed by atoms with Crippen molar-refractivity contribution < 1.29 is 5.11 Å². The largest absolute Gasteiger partial charge is 0.395 e. The summed E-state index contributed by atoms with van der Waals surface area (Å²) in [6.07, 6.45) is 1.16. The molecule has 1 rings (SSSR count). The highest BCUT2D eigenvalue weighted by Crippen LogP contribution is 2.00. The number of aliphatic hydroxyl groups excluding tert-OH is 1. The Bertz CT molecular complexity index is 146. The molecule has 1 aliphatic heterocycles. The SMILES string of the molecule is CCC(C)NN1CCN(CCO)CC1. The van der Waals surface area contributed by atoms with Crippen molar-refractivity contribution in [3.05, 3.63) is 0 Å². The molecule has 0 aromatic rings. The van der Waals surface area contributed by atoms with Gasteiger partial charge >= 0.3 is 0 Å². The molecule has 1 heterocycles. The molecule has 0 radical (unpaired) electrons. The van der Waals surface area contributed by atoms with Crippen molar-refractivity contribution in [2.75, 3.05) is 39.3 Å². The first-order chi connectivity index (χ1) is 6.76. The molecule has 0 amide bonds. The van der Waals surface area contributed by atoms with Crippen LogP contribution in [0.1, 0.15) is 20.3 Å². The first-order valence-corrected chi connectivity index (χ1v) is 5.60. The van der Waals surface area contributed by atoms with Crippen molar-refractivity contribution in [2.24, 2.45) is 0 Å². The van der Waals surface area contributed by atoms with Gasteiger partial charge in [-0.3, -0.25) is 10.3 Å². The molecule has 1 fully saturated rings. The van der Waals surface area contributed by atoms with Gasteiger partial charge in [0.1, 0.15) is 0 Å². The number of hydrogen-bond donors (Lipinski definition) is 2. The lowest BCUT2D eigenvalue weighted by Crippen LogP contribution is -2.54. The average Bonchev–Trinajstić information content (AvgIpc) is 2.21. The maximum absolute atomic E-state index is 8.80. The third kappa shape index (κ3) is 3.92.